The number of benzene rings is 1. The smallest absolute Gasteiger partial charge is 0.243 e. The van der Waals surface area contributed by atoms with Crippen LogP contribution in [0.25, 0.3) is 0 Å². The van der Waals surface area contributed by atoms with Crippen molar-refractivity contribution in [2.24, 2.45) is 5.92 Å². The van der Waals surface area contributed by atoms with Gasteiger partial charge in [0.15, 0.2) is 0 Å². The highest BCUT2D eigenvalue weighted by molar-refractivity contribution is 7.13. The predicted molar refractivity (Wildman–Crippen MR) is 101 cm³/mol. The van der Waals surface area contributed by atoms with Crippen LogP contribution >= 0.6 is 11.3 Å². The summed E-state index contributed by atoms with van der Waals surface area (Å²) in [6.45, 7) is 4.42. The Balaban J connectivity index is 1.41. The quantitative estimate of drug-likeness (QED) is 0.801. The molecule has 0 saturated carbocycles. The second-order valence-corrected chi connectivity index (χ2v) is 7.21. The lowest BCUT2D eigenvalue weighted by molar-refractivity contribution is -0.121. The molecule has 0 bridgehead atoms. The largest absolute Gasteiger partial charge is 0.497 e. The Morgan fingerprint density at radius 3 is 2.62 bits per heavy atom. The minimum atomic E-state index is -0.178. The third-order valence-electron chi connectivity index (χ3n) is 4.71. The summed E-state index contributed by atoms with van der Waals surface area (Å²) in [6, 6.07) is 7.47. The van der Waals surface area contributed by atoms with Gasteiger partial charge in [-0.3, -0.25) is 15.0 Å². The van der Waals surface area contributed by atoms with Gasteiger partial charge in [-0.1, -0.05) is 11.3 Å². The monoisotopic (exact) mass is 376 g/mol. The standard InChI is InChI=1S/C18H24N4O3S/c1-13(17(23)20-18-21-19-12-26-18)22-9-7-14(8-10-22)11-25-16-5-3-15(24-2)4-6-16/h3-6,12-14H,7-11H2,1-2H3,(H,20,21,23)/t13-/m0/s1. The second-order valence-electron chi connectivity index (χ2n) is 6.37. The molecule has 1 aromatic heterocycles. The topological polar surface area (TPSA) is 76.6 Å². The van der Waals surface area contributed by atoms with E-state index in [1.165, 1.54) is 11.3 Å². The summed E-state index contributed by atoms with van der Waals surface area (Å²) in [5, 5.41) is 10.9. The zero-order valence-corrected chi connectivity index (χ0v) is 15.9. The summed E-state index contributed by atoms with van der Waals surface area (Å²) < 4.78 is 11.0. The molecule has 0 unspecified atom stereocenters. The number of hydrogen-bond acceptors (Lipinski definition) is 7. The number of carbonyl (C=O) groups excluding carboxylic acids is 1. The van der Waals surface area contributed by atoms with Gasteiger partial charge >= 0.3 is 0 Å². The Hall–Kier alpha value is -2.19. The molecule has 0 radical (unpaired) electrons. The van der Waals surface area contributed by atoms with Gasteiger partial charge in [-0.25, -0.2) is 0 Å². The fourth-order valence-corrected chi connectivity index (χ4v) is 3.44. The van der Waals surface area contributed by atoms with Crippen molar-refractivity contribution in [2.45, 2.75) is 25.8 Å². The van der Waals surface area contributed by atoms with Gasteiger partial charge in [-0.15, -0.1) is 10.2 Å². The number of anilines is 1. The summed E-state index contributed by atoms with van der Waals surface area (Å²) in [7, 11) is 1.65. The van der Waals surface area contributed by atoms with Gasteiger partial charge in [0.25, 0.3) is 0 Å². The van der Waals surface area contributed by atoms with Crippen LogP contribution in [-0.2, 0) is 4.79 Å². The number of hydrogen-bond donors (Lipinski definition) is 1. The van der Waals surface area contributed by atoms with Gasteiger partial charge in [0.2, 0.25) is 11.0 Å². The van der Waals surface area contributed by atoms with Crippen LogP contribution in [0.4, 0.5) is 5.13 Å². The van der Waals surface area contributed by atoms with Gasteiger partial charge in [0.05, 0.1) is 19.8 Å². The van der Waals surface area contributed by atoms with Crippen LogP contribution in [0.3, 0.4) is 0 Å². The molecule has 1 saturated heterocycles. The Bertz CT molecular complexity index is 685. The maximum Gasteiger partial charge on any atom is 0.243 e. The maximum atomic E-state index is 12.3. The highest BCUT2D eigenvalue weighted by atomic mass is 32.1. The predicted octanol–water partition coefficient (Wildman–Crippen LogP) is 2.66. The number of methoxy groups -OCH3 is 1. The van der Waals surface area contributed by atoms with Crippen molar-refractivity contribution in [1.82, 2.24) is 15.1 Å². The third kappa shape index (κ3) is 4.92. The zero-order chi connectivity index (χ0) is 18.4. The van der Waals surface area contributed by atoms with Crippen LogP contribution < -0.4 is 14.8 Å². The van der Waals surface area contributed by atoms with E-state index in [0.717, 1.165) is 37.4 Å². The Morgan fingerprint density at radius 2 is 2.00 bits per heavy atom. The van der Waals surface area contributed by atoms with E-state index < -0.39 is 0 Å². The summed E-state index contributed by atoms with van der Waals surface area (Å²) >= 11 is 1.33. The molecule has 1 amide bonds. The molecule has 140 valence electrons. The SMILES string of the molecule is COc1ccc(OCC2CCN([C@@H](C)C(=O)Nc3nncs3)CC2)cc1. The van der Waals surface area contributed by atoms with Gasteiger partial charge in [-0.05, 0) is 63.0 Å². The van der Waals surface area contributed by atoms with Gasteiger partial charge < -0.3 is 9.47 Å². The zero-order valence-electron chi connectivity index (χ0n) is 15.1. The molecule has 3 rings (SSSR count). The van der Waals surface area contributed by atoms with E-state index in [4.69, 9.17) is 9.47 Å². The highest BCUT2D eigenvalue weighted by Gasteiger charge is 2.27. The minimum Gasteiger partial charge on any atom is -0.497 e. The van der Waals surface area contributed by atoms with Crippen LogP contribution in [0.1, 0.15) is 19.8 Å². The van der Waals surface area contributed by atoms with Crippen LogP contribution in [0.5, 0.6) is 11.5 Å². The molecular weight excluding hydrogens is 352 g/mol. The normalized spacial score (nSPS) is 16.8. The van der Waals surface area contributed by atoms with Gasteiger partial charge in [-0.2, -0.15) is 0 Å². The molecule has 1 aliphatic heterocycles. The Kier molecular flexibility index (Phi) is 6.40. The highest BCUT2D eigenvalue weighted by Crippen LogP contribution is 2.22. The first-order valence-corrected chi connectivity index (χ1v) is 9.61. The molecule has 1 fully saturated rings. The fourth-order valence-electron chi connectivity index (χ4n) is 3.00. The third-order valence-corrected chi connectivity index (χ3v) is 5.32. The Morgan fingerprint density at radius 1 is 1.31 bits per heavy atom. The van der Waals surface area contributed by atoms with E-state index in [1.807, 2.05) is 31.2 Å². The van der Waals surface area contributed by atoms with Crippen molar-refractivity contribution >= 4 is 22.4 Å². The molecule has 7 nitrogen and oxygen atoms in total. The number of likely N-dealkylation sites (tertiary alicyclic amines) is 1. The van der Waals surface area contributed by atoms with Gasteiger partial charge in [0.1, 0.15) is 17.0 Å². The summed E-state index contributed by atoms with van der Waals surface area (Å²) in [6.07, 6.45) is 2.04. The number of amides is 1. The number of nitrogens with one attached hydrogen (secondary N) is 1. The number of ether oxygens (including phenoxy) is 2. The van der Waals surface area contributed by atoms with E-state index in [9.17, 15) is 4.79 Å². The maximum absolute atomic E-state index is 12.3. The van der Waals surface area contributed by atoms with E-state index in [-0.39, 0.29) is 11.9 Å². The van der Waals surface area contributed by atoms with Crippen molar-refractivity contribution in [3.05, 3.63) is 29.8 Å². The second kappa shape index (κ2) is 8.95. The van der Waals surface area contributed by atoms with Gasteiger partial charge in [0, 0.05) is 0 Å². The molecule has 1 atom stereocenters. The Labute approximate surface area is 157 Å². The lowest BCUT2D eigenvalue weighted by Crippen LogP contribution is -2.46. The molecule has 26 heavy (non-hydrogen) atoms. The molecule has 1 N–H and O–H groups in total. The van der Waals surface area contributed by atoms with E-state index in [1.54, 1.807) is 12.6 Å². The molecule has 2 aromatic rings. The molecule has 0 spiro atoms. The van der Waals surface area contributed by atoms with Crippen molar-refractivity contribution < 1.29 is 14.3 Å². The van der Waals surface area contributed by atoms with E-state index >= 15 is 0 Å². The van der Waals surface area contributed by atoms with E-state index in [0.29, 0.717) is 17.7 Å². The number of rotatable bonds is 7. The van der Waals surface area contributed by atoms with Crippen LogP contribution in [-0.4, -0.2) is 53.9 Å². The van der Waals surface area contributed by atoms with Crippen molar-refractivity contribution in [3.63, 3.8) is 0 Å². The van der Waals surface area contributed by atoms with E-state index in [2.05, 4.69) is 20.4 Å². The first kappa shape index (κ1) is 18.6. The summed E-state index contributed by atoms with van der Waals surface area (Å²) in [5.41, 5.74) is 1.61. The summed E-state index contributed by atoms with van der Waals surface area (Å²) in [4.78, 5) is 14.5. The average molecular weight is 376 g/mol. The van der Waals surface area contributed by atoms with Crippen molar-refractivity contribution in [3.8, 4) is 11.5 Å². The first-order chi connectivity index (χ1) is 12.7. The van der Waals surface area contributed by atoms with Crippen molar-refractivity contribution in [1.29, 1.82) is 0 Å². The molecular formula is C18H24N4O3S. The molecule has 2 heterocycles. The lowest BCUT2D eigenvalue weighted by atomic mass is 9.96. The minimum absolute atomic E-state index is 0.0327. The number of nitrogens with zero attached hydrogens (tertiary/aromatic N) is 3. The lowest BCUT2D eigenvalue weighted by Gasteiger charge is -2.35. The van der Waals surface area contributed by atoms with Crippen LogP contribution in [0.2, 0.25) is 0 Å². The first-order valence-electron chi connectivity index (χ1n) is 8.73. The molecule has 8 heteroatoms. The number of carbonyl (C=O) groups is 1. The number of piperidine rings is 1. The molecule has 1 aliphatic rings. The molecule has 0 aliphatic carbocycles. The number of aromatic nitrogens is 2. The fraction of sp³-hybridized carbons (Fsp3) is 0.500. The van der Waals surface area contributed by atoms with Crippen molar-refractivity contribution in [2.75, 3.05) is 32.1 Å². The van der Waals surface area contributed by atoms with Crippen LogP contribution in [0, 0.1) is 5.92 Å². The van der Waals surface area contributed by atoms with Crippen LogP contribution in [0.15, 0.2) is 29.8 Å². The molecule has 1 aromatic carbocycles. The average Bonchev–Trinajstić information content (AvgIpc) is 3.19. The summed E-state index contributed by atoms with van der Waals surface area (Å²) in [5.74, 6) is 2.16.